The zero-order chi connectivity index (χ0) is 15.6. The van der Waals surface area contributed by atoms with Crippen LogP contribution in [0.5, 0.6) is 0 Å². The molecule has 1 atom stereocenters. The molecule has 0 aromatic heterocycles. The number of carboxylic acid groups (broad SMARTS) is 1. The Bertz CT molecular complexity index is 560. The molecule has 1 unspecified atom stereocenters. The first-order valence-corrected chi connectivity index (χ1v) is 7.11. The molecule has 1 heterocycles. The van der Waals surface area contributed by atoms with Crippen LogP contribution in [0.2, 0.25) is 0 Å². The summed E-state index contributed by atoms with van der Waals surface area (Å²) in [4.78, 5) is 24.2. The molecule has 114 valence electrons. The number of urea groups is 1. The van der Waals surface area contributed by atoms with Crippen LogP contribution in [-0.2, 0) is 4.79 Å². The van der Waals surface area contributed by atoms with Gasteiger partial charge in [0.25, 0.3) is 0 Å². The maximum absolute atomic E-state index is 13.6. The van der Waals surface area contributed by atoms with Gasteiger partial charge in [0.15, 0.2) is 11.6 Å². The lowest BCUT2D eigenvalue weighted by Gasteiger charge is -2.30. The fourth-order valence-corrected chi connectivity index (χ4v) is 2.61. The first kappa shape index (κ1) is 15.7. The molecule has 2 rings (SSSR count). The Morgan fingerprint density at radius 3 is 2.52 bits per heavy atom. The second-order valence-electron chi connectivity index (χ2n) is 4.80. The summed E-state index contributed by atoms with van der Waals surface area (Å²) in [5, 5.41) is 11.1. The maximum Gasteiger partial charge on any atom is 0.322 e. The molecule has 0 saturated carbocycles. The molecule has 5 nitrogen and oxygen atoms in total. The number of aliphatic carboxylic acids is 1. The average Bonchev–Trinajstić information content (AvgIpc) is 2.42. The molecule has 0 aliphatic carbocycles. The molecule has 21 heavy (non-hydrogen) atoms. The molecule has 1 aromatic rings. The van der Waals surface area contributed by atoms with E-state index in [1.807, 2.05) is 0 Å². The van der Waals surface area contributed by atoms with E-state index in [9.17, 15) is 18.4 Å². The Kier molecular flexibility index (Phi) is 4.76. The smallest absolute Gasteiger partial charge is 0.322 e. The van der Waals surface area contributed by atoms with E-state index < -0.39 is 35.2 Å². The van der Waals surface area contributed by atoms with Gasteiger partial charge in [-0.05, 0) is 25.0 Å². The number of hydrogen-bond donors (Lipinski definition) is 2. The zero-order valence-electron chi connectivity index (χ0n) is 10.9. The number of likely N-dealkylation sites (tertiary alicyclic amines) is 1. The van der Waals surface area contributed by atoms with E-state index in [1.54, 1.807) is 0 Å². The van der Waals surface area contributed by atoms with Crippen LogP contribution in [-0.4, -0.2) is 35.1 Å². The van der Waals surface area contributed by atoms with Gasteiger partial charge in [0.05, 0.1) is 5.92 Å². The Balaban J connectivity index is 2.10. The van der Waals surface area contributed by atoms with Crippen molar-refractivity contribution >= 4 is 33.6 Å². The van der Waals surface area contributed by atoms with E-state index in [2.05, 4.69) is 21.2 Å². The third kappa shape index (κ3) is 3.69. The minimum atomic E-state index is -0.978. The molecule has 0 spiro atoms. The lowest BCUT2D eigenvalue weighted by atomic mass is 9.99. The van der Waals surface area contributed by atoms with E-state index in [-0.39, 0.29) is 11.0 Å². The van der Waals surface area contributed by atoms with Crippen molar-refractivity contribution in [2.24, 2.45) is 5.92 Å². The quantitative estimate of drug-likeness (QED) is 0.849. The number of rotatable bonds is 2. The van der Waals surface area contributed by atoms with Gasteiger partial charge in [-0.3, -0.25) is 4.79 Å². The van der Waals surface area contributed by atoms with Gasteiger partial charge in [-0.2, -0.15) is 0 Å². The van der Waals surface area contributed by atoms with Gasteiger partial charge in [-0.25, -0.2) is 13.6 Å². The van der Waals surface area contributed by atoms with Gasteiger partial charge in [0, 0.05) is 17.6 Å². The van der Waals surface area contributed by atoms with Crippen molar-refractivity contribution in [1.82, 2.24) is 4.90 Å². The number of benzene rings is 1. The summed E-state index contributed by atoms with van der Waals surface area (Å²) in [5.74, 6) is -3.43. The number of piperidine rings is 1. The average molecular weight is 363 g/mol. The summed E-state index contributed by atoms with van der Waals surface area (Å²) in [6.45, 7) is 0.385. The van der Waals surface area contributed by atoms with Crippen LogP contribution in [0.1, 0.15) is 12.8 Å². The van der Waals surface area contributed by atoms with E-state index in [1.165, 1.54) is 4.90 Å². The monoisotopic (exact) mass is 362 g/mol. The van der Waals surface area contributed by atoms with E-state index in [0.29, 0.717) is 19.4 Å². The number of hydrogen-bond acceptors (Lipinski definition) is 2. The van der Waals surface area contributed by atoms with Gasteiger partial charge >= 0.3 is 12.0 Å². The maximum atomic E-state index is 13.6. The van der Waals surface area contributed by atoms with Crippen LogP contribution in [0.4, 0.5) is 19.3 Å². The first-order valence-electron chi connectivity index (χ1n) is 6.31. The van der Waals surface area contributed by atoms with Crippen LogP contribution in [0, 0.1) is 17.6 Å². The lowest BCUT2D eigenvalue weighted by Crippen LogP contribution is -2.44. The second kappa shape index (κ2) is 6.38. The fraction of sp³-hybridized carbons (Fsp3) is 0.385. The molecule has 2 amide bonds. The van der Waals surface area contributed by atoms with E-state index in [4.69, 9.17) is 5.11 Å². The number of nitrogens with one attached hydrogen (secondary N) is 1. The molecular formula is C13H13BrF2N2O3. The zero-order valence-corrected chi connectivity index (χ0v) is 12.5. The number of nitrogens with zero attached hydrogens (tertiary/aromatic N) is 1. The SMILES string of the molecule is O=C(O)C1CCCN(C(=O)Nc2c(F)cc(Br)cc2F)C1. The van der Waals surface area contributed by atoms with Crippen LogP contribution in [0.15, 0.2) is 16.6 Å². The lowest BCUT2D eigenvalue weighted by molar-refractivity contribution is -0.143. The molecule has 1 aromatic carbocycles. The summed E-state index contributed by atoms with van der Waals surface area (Å²) >= 11 is 2.95. The normalized spacial score (nSPS) is 18.4. The highest BCUT2D eigenvalue weighted by molar-refractivity contribution is 9.10. The van der Waals surface area contributed by atoms with Gasteiger partial charge in [0.2, 0.25) is 0 Å². The third-order valence-electron chi connectivity index (χ3n) is 3.30. The highest BCUT2D eigenvalue weighted by atomic mass is 79.9. The number of carbonyl (C=O) groups is 2. The fourth-order valence-electron chi connectivity index (χ4n) is 2.21. The topological polar surface area (TPSA) is 69.6 Å². The largest absolute Gasteiger partial charge is 0.481 e. The summed E-state index contributed by atoms with van der Waals surface area (Å²) < 4.78 is 27.5. The molecule has 8 heteroatoms. The minimum Gasteiger partial charge on any atom is -0.481 e. The van der Waals surface area contributed by atoms with Crippen LogP contribution >= 0.6 is 15.9 Å². The molecule has 0 radical (unpaired) electrons. The molecule has 2 N–H and O–H groups in total. The Hall–Kier alpha value is -1.70. The summed E-state index contributed by atoms with van der Waals surface area (Å²) in [7, 11) is 0. The number of amides is 2. The summed E-state index contributed by atoms with van der Waals surface area (Å²) in [6, 6.07) is 1.37. The summed E-state index contributed by atoms with van der Waals surface area (Å²) in [5.41, 5.74) is -0.541. The van der Waals surface area contributed by atoms with Crippen LogP contribution in [0.25, 0.3) is 0 Å². The Morgan fingerprint density at radius 2 is 1.95 bits per heavy atom. The highest BCUT2D eigenvalue weighted by Crippen LogP contribution is 2.25. The van der Waals surface area contributed by atoms with Crippen molar-refractivity contribution in [1.29, 1.82) is 0 Å². The molecular weight excluding hydrogens is 350 g/mol. The first-order chi connectivity index (χ1) is 9.88. The molecule has 0 bridgehead atoms. The van der Waals surface area contributed by atoms with Gasteiger partial charge in [-0.15, -0.1) is 0 Å². The van der Waals surface area contributed by atoms with Crippen LogP contribution in [0.3, 0.4) is 0 Å². The van der Waals surface area contributed by atoms with Crippen molar-refractivity contribution in [3.63, 3.8) is 0 Å². The Morgan fingerprint density at radius 1 is 1.33 bits per heavy atom. The van der Waals surface area contributed by atoms with Crippen molar-refractivity contribution in [3.05, 3.63) is 28.2 Å². The van der Waals surface area contributed by atoms with Crippen LogP contribution < -0.4 is 5.32 Å². The standard InChI is InChI=1S/C13H13BrF2N2O3/c14-8-4-9(15)11(10(16)5-8)17-13(21)18-3-1-2-7(6-18)12(19)20/h4-5,7H,1-3,6H2,(H,17,21)(H,19,20). The molecule has 1 aliphatic heterocycles. The van der Waals surface area contributed by atoms with E-state index >= 15 is 0 Å². The third-order valence-corrected chi connectivity index (χ3v) is 3.75. The van der Waals surface area contributed by atoms with Crippen molar-refractivity contribution in [2.75, 3.05) is 18.4 Å². The minimum absolute atomic E-state index is 0.0287. The second-order valence-corrected chi connectivity index (χ2v) is 5.71. The predicted molar refractivity (Wildman–Crippen MR) is 75.0 cm³/mol. The van der Waals surface area contributed by atoms with Gasteiger partial charge in [0.1, 0.15) is 5.69 Å². The summed E-state index contributed by atoms with van der Waals surface area (Å²) in [6.07, 6.45) is 1.02. The number of halogens is 3. The Labute approximate surface area is 128 Å². The van der Waals surface area contributed by atoms with Crippen molar-refractivity contribution in [3.8, 4) is 0 Å². The van der Waals surface area contributed by atoms with Gasteiger partial charge < -0.3 is 15.3 Å². The molecule has 1 aliphatic rings. The van der Waals surface area contributed by atoms with Crippen molar-refractivity contribution < 1.29 is 23.5 Å². The van der Waals surface area contributed by atoms with E-state index in [0.717, 1.165) is 12.1 Å². The molecule has 1 fully saturated rings. The molecule has 1 saturated heterocycles. The number of anilines is 1. The highest BCUT2D eigenvalue weighted by Gasteiger charge is 2.28. The van der Waals surface area contributed by atoms with Crippen molar-refractivity contribution in [2.45, 2.75) is 12.8 Å². The predicted octanol–water partition coefficient (Wildman–Crippen LogP) is 3.06. The number of carbonyl (C=O) groups excluding carboxylic acids is 1. The van der Waals surface area contributed by atoms with Gasteiger partial charge in [-0.1, -0.05) is 15.9 Å². The number of carboxylic acids is 1.